The molecule has 0 spiro atoms. The molecule has 156 valence electrons. The zero-order valence-corrected chi connectivity index (χ0v) is 18.8. The quantitative estimate of drug-likeness (QED) is 0.355. The highest BCUT2D eigenvalue weighted by Gasteiger charge is 2.40. The summed E-state index contributed by atoms with van der Waals surface area (Å²) >= 11 is 2.14. The van der Waals surface area contributed by atoms with Crippen LogP contribution in [0.3, 0.4) is 0 Å². The molecule has 1 aromatic carbocycles. The molecule has 1 aliphatic heterocycles. The van der Waals surface area contributed by atoms with Crippen molar-refractivity contribution in [2.75, 3.05) is 13.2 Å². The van der Waals surface area contributed by atoms with Crippen molar-refractivity contribution in [3.8, 4) is 11.5 Å². The molecular weight excluding hydrogens is 487 g/mol. The molecule has 1 N–H and O–H groups in total. The third-order valence-electron chi connectivity index (χ3n) is 5.00. The van der Waals surface area contributed by atoms with Gasteiger partial charge in [-0.3, -0.25) is 19.8 Å². The van der Waals surface area contributed by atoms with Gasteiger partial charge in [0.1, 0.15) is 5.57 Å². The Kier molecular flexibility index (Phi) is 7.15. The van der Waals surface area contributed by atoms with Crippen LogP contribution in [0, 0.1) is 3.57 Å². The van der Waals surface area contributed by atoms with Gasteiger partial charge in [0.15, 0.2) is 11.5 Å². The molecule has 8 heteroatoms. The van der Waals surface area contributed by atoms with E-state index in [1.807, 2.05) is 19.9 Å². The van der Waals surface area contributed by atoms with Crippen LogP contribution in [0.15, 0.2) is 17.7 Å². The highest BCUT2D eigenvalue weighted by Crippen LogP contribution is 2.35. The third-order valence-corrected chi connectivity index (χ3v) is 5.81. The van der Waals surface area contributed by atoms with Crippen LogP contribution in [0.1, 0.15) is 51.5 Å². The van der Waals surface area contributed by atoms with Crippen LogP contribution in [0.25, 0.3) is 6.08 Å². The summed E-state index contributed by atoms with van der Waals surface area (Å²) in [7, 11) is 0. The van der Waals surface area contributed by atoms with Crippen LogP contribution in [0.4, 0.5) is 4.79 Å². The van der Waals surface area contributed by atoms with E-state index in [0.29, 0.717) is 30.3 Å². The number of urea groups is 1. The summed E-state index contributed by atoms with van der Waals surface area (Å²) in [5, 5.41) is 2.31. The topological polar surface area (TPSA) is 84.9 Å². The molecule has 0 radical (unpaired) electrons. The van der Waals surface area contributed by atoms with E-state index in [4.69, 9.17) is 9.47 Å². The van der Waals surface area contributed by atoms with Crippen LogP contribution in [-0.2, 0) is 9.59 Å². The van der Waals surface area contributed by atoms with Gasteiger partial charge in [0, 0.05) is 6.04 Å². The lowest BCUT2D eigenvalue weighted by atomic mass is 9.93. The smallest absolute Gasteiger partial charge is 0.331 e. The zero-order chi connectivity index (χ0) is 21.0. The number of rotatable bonds is 6. The molecule has 29 heavy (non-hydrogen) atoms. The first-order chi connectivity index (χ1) is 14.0. The first-order valence-electron chi connectivity index (χ1n) is 9.96. The molecule has 0 aromatic heterocycles. The lowest BCUT2D eigenvalue weighted by Crippen LogP contribution is -2.58. The van der Waals surface area contributed by atoms with Crippen molar-refractivity contribution in [3.63, 3.8) is 0 Å². The van der Waals surface area contributed by atoms with Crippen molar-refractivity contribution in [1.82, 2.24) is 10.2 Å². The standard InChI is InChI=1S/C21H25IN2O5/c1-3-28-17-12-13(11-16(22)18(17)29-4-2)10-15-19(25)23-21(27)24(20(15)26)14-8-6-5-7-9-14/h10-12,14H,3-9H2,1-2H3,(H,23,25,27). The van der Waals surface area contributed by atoms with Crippen LogP contribution >= 0.6 is 22.6 Å². The molecule has 3 rings (SSSR count). The maximum absolute atomic E-state index is 13.0. The Hall–Kier alpha value is -2.10. The number of benzene rings is 1. The van der Waals surface area contributed by atoms with E-state index in [9.17, 15) is 14.4 Å². The second kappa shape index (κ2) is 9.60. The first-order valence-corrected chi connectivity index (χ1v) is 11.0. The van der Waals surface area contributed by atoms with Crippen LogP contribution < -0.4 is 14.8 Å². The molecular formula is C21H25IN2O5. The summed E-state index contributed by atoms with van der Waals surface area (Å²) in [6.07, 6.45) is 6.12. The van der Waals surface area contributed by atoms with Gasteiger partial charge in [-0.05, 0) is 73.1 Å². The van der Waals surface area contributed by atoms with Crippen molar-refractivity contribution in [2.45, 2.75) is 52.0 Å². The monoisotopic (exact) mass is 512 g/mol. The number of amides is 4. The predicted octanol–water partition coefficient (Wildman–Crippen LogP) is 3.88. The van der Waals surface area contributed by atoms with Crippen molar-refractivity contribution in [3.05, 3.63) is 26.8 Å². The minimum atomic E-state index is -0.672. The number of hydrogen-bond donors (Lipinski definition) is 1. The van der Waals surface area contributed by atoms with Crippen molar-refractivity contribution in [1.29, 1.82) is 0 Å². The molecule has 0 atom stereocenters. The number of ether oxygens (including phenoxy) is 2. The number of barbiturate groups is 1. The molecule has 1 saturated heterocycles. The van der Waals surface area contributed by atoms with Gasteiger partial charge in [-0.15, -0.1) is 0 Å². The number of hydrogen-bond acceptors (Lipinski definition) is 5. The second-order valence-corrected chi connectivity index (χ2v) is 8.14. The number of halogens is 1. The Morgan fingerprint density at radius 2 is 1.79 bits per heavy atom. The van der Waals surface area contributed by atoms with E-state index < -0.39 is 17.8 Å². The van der Waals surface area contributed by atoms with Gasteiger partial charge in [0.05, 0.1) is 16.8 Å². The molecule has 7 nitrogen and oxygen atoms in total. The second-order valence-electron chi connectivity index (χ2n) is 6.98. The van der Waals surface area contributed by atoms with E-state index in [0.717, 1.165) is 35.7 Å². The fourth-order valence-corrected chi connectivity index (χ4v) is 4.51. The SMILES string of the molecule is CCOc1cc(C=C2C(=O)NC(=O)N(C3CCCCC3)C2=O)cc(I)c1OCC. The summed E-state index contributed by atoms with van der Waals surface area (Å²) in [5.74, 6) is -0.0195. The molecule has 0 unspecified atom stereocenters. The Morgan fingerprint density at radius 1 is 1.10 bits per heavy atom. The number of nitrogens with zero attached hydrogens (tertiary/aromatic N) is 1. The first kappa shape index (κ1) is 21.6. The van der Waals surface area contributed by atoms with Crippen molar-refractivity contribution >= 4 is 46.5 Å². The number of carbonyl (C=O) groups excluding carboxylic acids is 3. The maximum atomic E-state index is 13.0. The van der Waals surface area contributed by atoms with Gasteiger partial charge in [0.25, 0.3) is 11.8 Å². The van der Waals surface area contributed by atoms with Crippen molar-refractivity contribution < 1.29 is 23.9 Å². The Morgan fingerprint density at radius 3 is 2.45 bits per heavy atom. The van der Waals surface area contributed by atoms with E-state index in [1.54, 1.807) is 6.07 Å². The molecule has 2 fully saturated rings. The van der Waals surface area contributed by atoms with Gasteiger partial charge in [-0.1, -0.05) is 19.3 Å². The van der Waals surface area contributed by atoms with Crippen LogP contribution in [-0.4, -0.2) is 42.0 Å². The molecule has 4 amide bonds. The van der Waals surface area contributed by atoms with E-state index in [1.165, 1.54) is 11.0 Å². The van der Waals surface area contributed by atoms with E-state index in [2.05, 4.69) is 27.9 Å². The van der Waals surface area contributed by atoms with Gasteiger partial charge >= 0.3 is 6.03 Å². The largest absolute Gasteiger partial charge is 0.490 e. The summed E-state index contributed by atoms with van der Waals surface area (Å²) in [4.78, 5) is 39.0. The fraction of sp³-hybridized carbons (Fsp3) is 0.476. The van der Waals surface area contributed by atoms with E-state index in [-0.39, 0.29) is 11.6 Å². The highest BCUT2D eigenvalue weighted by molar-refractivity contribution is 14.1. The minimum Gasteiger partial charge on any atom is -0.490 e. The Labute approximate surface area is 183 Å². The number of carbonyl (C=O) groups is 3. The molecule has 1 aliphatic carbocycles. The van der Waals surface area contributed by atoms with Gasteiger partial charge < -0.3 is 9.47 Å². The lowest BCUT2D eigenvalue weighted by molar-refractivity contribution is -0.132. The zero-order valence-electron chi connectivity index (χ0n) is 16.6. The highest BCUT2D eigenvalue weighted by atomic mass is 127. The molecule has 2 aliphatic rings. The fourth-order valence-electron chi connectivity index (χ4n) is 3.73. The number of imide groups is 2. The van der Waals surface area contributed by atoms with Crippen LogP contribution in [0.2, 0.25) is 0 Å². The lowest BCUT2D eigenvalue weighted by Gasteiger charge is -2.35. The summed E-state index contributed by atoms with van der Waals surface area (Å²) in [6.45, 7) is 4.72. The van der Waals surface area contributed by atoms with E-state index >= 15 is 0 Å². The predicted molar refractivity (Wildman–Crippen MR) is 117 cm³/mol. The van der Waals surface area contributed by atoms with Gasteiger partial charge in [-0.25, -0.2) is 4.79 Å². The summed E-state index contributed by atoms with van der Waals surface area (Å²) in [6, 6.07) is 2.78. The molecule has 1 aromatic rings. The average Bonchev–Trinajstić information content (AvgIpc) is 2.69. The minimum absolute atomic E-state index is 0.0439. The van der Waals surface area contributed by atoms with Gasteiger partial charge in [0.2, 0.25) is 0 Å². The Bertz CT molecular complexity index is 846. The molecule has 1 heterocycles. The van der Waals surface area contributed by atoms with Crippen molar-refractivity contribution in [2.24, 2.45) is 0 Å². The normalized spacial score (nSPS) is 19.5. The summed E-state index contributed by atoms with van der Waals surface area (Å²) in [5.41, 5.74) is 0.593. The summed E-state index contributed by atoms with van der Waals surface area (Å²) < 4.78 is 12.2. The maximum Gasteiger partial charge on any atom is 0.331 e. The average molecular weight is 512 g/mol. The number of nitrogens with one attached hydrogen (secondary N) is 1. The molecule has 1 saturated carbocycles. The third kappa shape index (κ3) is 4.73. The van der Waals surface area contributed by atoms with Gasteiger partial charge in [-0.2, -0.15) is 0 Å². The van der Waals surface area contributed by atoms with Crippen LogP contribution in [0.5, 0.6) is 11.5 Å². The molecule has 0 bridgehead atoms. The Balaban J connectivity index is 1.96.